The van der Waals surface area contributed by atoms with Crippen LogP contribution in [0.1, 0.15) is 139 Å². The van der Waals surface area contributed by atoms with Gasteiger partial charge in [-0.25, -0.2) is 0 Å². The summed E-state index contributed by atoms with van der Waals surface area (Å²) < 4.78 is 0. The van der Waals surface area contributed by atoms with Gasteiger partial charge in [-0.15, -0.1) is 0 Å². The zero-order valence-corrected chi connectivity index (χ0v) is 23.3. The monoisotopic (exact) mass is 436 g/mol. The topological polar surface area (TPSA) is 6.48 Å². The summed E-state index contributed by atoms with van der Waals surface area (Å²) in [7, 11) is 0. The van der Waals surface area contributed by atoms with Gasteiger partial charge in [-0.05, 0) is 118 Å². The van der Waals surface area contributed by atoms with Crippen molar-refractivity contribution in [1.29, 1.82) is 0 Å². The second-order valence-corrected chi connectivity index (χ2v) is 13.5. The third-order valence-electron chi connectivity index (χ3n) is 7.69. The van der Waals surface area contributed by atoms with Crippen molar-refractivity contribution in [3.05, 3.63) is 0 Å². The number of likely N-dealkylation sites (tertiary alicyclic amines) is 2. The Morgan fingerprint density at radius 1 is 0.419 bits per heavy atom. The Bertz CT molecular complexity index is 401. The first-order valence-electron chi connectivity index (χ1n) is 13.8. The van der Waals surface area contributed by atoms with Crippen LogP contribution in [-0.2, 0) is 0 Å². The van der Waals surface area contributed by atoms with E-state index in [1.807, 2.05) is 0 Å². The summed E-state index contributed by atoms with van der Waals surface area (Å²) in [4.78, 5) is 5.19. The number of piperidine rings is 1. The Hall–Kier alpha value is -0.0800. The molecule has 2 nitrogen and oxygen atoms in total. The molecular formula is C29H60N2. The lowest BCUT2D eigenvalue weighted by Gasteiger charge is -2.38. The molecule has 31 heavy (non-hydrogen) atoms. The molecule has 0 atom stereocenters. The van der Waals surface area contributed by atoms with Crippen LogP contribution in [0.25, 0.3) is 0 Å². The van der Waals surface area contributed by atoms with Crippen molar-refractivity contribution in [3.63, 3.8) is 0 Å². The lowest BCUT2D eigenvalue weighted by Crippen LogP contribution is -2.44. The first kappa shape index (κ1) is 29.0. The van der Waals surface area contributed by atoms with Crippen molar-refractivity contribution in [2.45, 2.75) is 150 Å². The van der Waals surface area contributed by atoms with Crippen LogP contribution in [0.5, 0.6) is 0 Å². The van der Waals surface area contributed by atoms with Crippen molar-refractivity contribution < 1.29 is 0 Å². The Kier molecular flexibility index (Phi) is 12.7. The maximum absolute atomic E-state index is 2.61. The van der Waals surface area contributed by atoms with Gasteiger partial charge in [0.15, 0.2) is 0 Å². The summed E-state index contributed by atoms with van der Waals surface area (Å²) in [5.74, 6) is 1.00. The predicted octanol–water partition coefficient (Wildman–Crippen LogP) is 8.54. The van der Waals surface area contributed by atoms with E-state index in [4.69, 9.17) is 0 Å². The van der Waals surface area contributed by atoms with Crippen LogP contribution < -0.4 is 0 Å². The molecular weight excluding hydrogens is 376 g/mol. The average molecular weight is 437 g/mol. The van der Waals surface area contributed by atoms with Gasteiger partial charge in [0.1, 0.15) is 0 Å². The van der Waals surface area contributed by atoms with Crippen LogP contribution >= 0.6 is 0 Å². The summed E-state index contributed by atoms with van der Waals surface area (Å²) in [5.41, 5.74) is 1.37. The van der Waals surface area contributed by atoms with Gasteiger partial charge in [0, 0.05) is 11.1 Å². The van der Waals surface area contributed by atoms with Gasteiger partial charge in [-0.3, -0.25) is 9.80 Å². The van der Waals surface area contributed by atoms with Gasteiger partial charge in [0.2, 0.25) is 0 Å². The predicted molar refractivity (Wildman–Crippen MR) is 141 cm³/mol. The van der Waals surface area contributed by atoms with Gasteiger partial charge in [-0.2, -0.15) is 0 Å². The van der Waals surface area contributed by atoms with Crippen LogP contribution in [-0.4, -0.2) is 47.1 Å². The Morgan fingerprint density at radius 3 is 0.968 bits per heavy atom. The van der Waals surface area contributed by atoms with E-state index in [1.165, 1.54) is 103 Å². The van der Waals surface area contributed by atoms with E-state index in [0.29, 0.717) is 16.5 Å². The van der Waals surface area contributed by atoms with E-state index >= 15 is 0 Å². The molecule has 2 aliphatic heterocycles. The number of nitrogens with zero attached hydrogens (tertiary/aromatic N) is 2. The van der Waals surface area contributed by atoms with E-state index in [0.717, 1.165) is 5.92 Å². The second kappa shape index (κ2) is 13.6. The minimum absolute atomic E-state index is 0.393. The summed E-state index contributed by atoms with van der Waals surface area (Å²) in [6.07, 6.45) is 17.3. The quantitative estimate of drug-likeness (QED) is 0.375. The maximum atomic E-state index is 2.61. The van der Waals surface area contributed by atoms with Crippen LogP contribution in [0.3, 0.4) is 0 Å². The zero-order chi connectivity index (χ0) is 23.5. The highest BCUT2D eigenvalue weighted by atomic mass is 15.2. The lowest BCUT2D eigenvalue weighted by atomic mass is 9.72. The fourth-order valence-corrected chi connectivity index (χ4v) is 5.27. The molecule has 3 fully saturated rings. The molecule has 1 saturated carbocycles. The molecule has 3 rings (SSSR count). The van der Waals surface area contributed by atoms with E-state index in [-0.39, 0.29) is 0 Å². The van der Waals surface area contributed by atoms with Gasteiger partial charge < -0.3 is 0 Å². The Morgan fingerprint density at radius 2 is 0.710 bits per heavy atom. The first-order chi connectivity index (χ1) is 14.3. The van der Waals surface area contributed by atoms with Crippen molar-refractivity contribution in [2.24, 2.45) is 11.3 Å². The molecule has 0 unspecified atom stereocenters. The summed E-state index contributed by atoms with van der Waals surface area (Å²) >= 11 is 0. The molecule has 0 N–H and O–H groups in total. The summed E-state index contributed by atoms with van der Waals surface area (Å²) in [5, 5.41) is 0. The lowest BCUT2D eigenvalue weighted by molar-refractivity contribution is 0.111. The molecule has 0 bridgehead atoms. The van der Waals surface area contributed by atoms with Crippen molar-refractivity contribution in [2.75, 3.05) is 26.2 Å². The van der Waals surface area contributed by atoms with Crippen LogP contribution in [0.4, 0.5) is 0 Å². The van der Waals surface area contributed by atoms with E-state index < -0.39 is 0 Å². The Balaban J connectivity index is 0.000000233. The van der Waals surface area contributed by atoms with Crippen molar-refractivity contribution in [3.8, 4) is 0 Å². The molecule has 2 saturated heterocycles. The zero-order valence-electron chi connectivity index (χ0n) is 23.3. The number of rotatable bonds is 0. The average Bonchev–Trinajstić information content (AvgIpc) is 2.99. The fraction of sp³-hybridized carbons (Fsp3) is 1.00. The molecule has 0 aromatic carbocycles. The normalized spacial score (nSPS) is 23.1. The third kappa shape index (κ3) is 12.7. The highest BCUT2D eigenvalue weighted by Gasteiger charge is 2.25. The molecule has 3 aliphatic rings. The maximum Gasteiger partial charge on any atom is 0.0125 e. The standard InChI is InChI=1S/C10H21N.C10H20.C9H19N/c1-10(2,3)11-8-6-4-5-7-9-11;1-10(2,3)9-7-5-4-6-8-9;1-9(2,3)10-7-5-4-6-8-10/h4-9H2,1-3H3;9H,4-8H2,1-3H3;4-8H2,1-3H3. The largest absolute Gasteiger partial charge is 0.298 e. The smallest absolute Gasteiger partial charge is 0.0125 e. The van der Waals surface area contributed by atoms with Crippen molar-refractivity contribution in [1.82, 2.24) is 9.80 Å². The molecule has 0 amide bonds. The van der Waals surface area contributed by atoms with Crippen LogP contribution in [0, 0.1) is 11.3 Å². The third-order valence-corrected chi connectivity index (χ3v) is 7.69. The molecule has 2 heteroatoms. The fourth-order valence-electron chi connectivity index (χ4n) is 5.27. The highest BCUT2D eigenvalue weighted by Crippen LogP contribution is 2.37. The minimum atomic E-state index is 0.393. The molecule has 0 radical (unpaired) electrons. The Labute approximate surface area is 197 Å². The molecule has 0 aromatic heterocycles. The second-order valence-electron chi connectivity index (χ2n) is 13.5. The first-order valence-corrected chi connectivity index (χ1v) is 13.8. The van der Waals surface area contributed by atoms with Gasteiger partial charge in [0.05, 0.1) is 0 Å². The molecule has 1 aliphatic carbocycles. The van der Waals surface area contributed by atoms with Gasteiger partial charge in [-0.1, -0.05) is 59.3 Å². The number of hydrogen-bond acceptors (Lipinski definition) is 2. The molecule has 0 spiro atoms. The summed E-state index contributed by atoms with van der Waals surface area (Å²) in [6, 6.07) is 0. The van der Waals surface area contributed by atoms with Crippen LogP contribution in [0.15, 0.2) is 0 Å². The molecule has 0 aromatic rings. The van der Waals surface area contributed by atoms with E-state index in [1.54, 1.807) is 0 Å². The minimum Gasteiger partial charge on any atom is -0.298 e. The van der Waals surface area contributed by atoms with Gasteiger partial charge >= 0.3 is 0 Å². The summed E-state index contributed by atoms with van der Waals surface area (Å²) in [6.45, 7) is 26.2. The van der Waals surface area contributed by atoms with E-state index in [2.05, 4.69) is 72.1 Å². The SMILES string of the molecule is CC(C)(C)C1CCCCC1.CC(C)(C)N1CCCCC1.CC(C)(C)N1CCCCCC1. The van der Waals surface area contributed by atoms with E-state index in [9.17, 15) is 0 Å². The molecule has 2 heterocycles. The van der Waals surface area contributed by atoms with Crippen LogP contribution in [0.2, 0.25) is 0 Å². The van der Waals surface area contributed by atoms with Crippen molar-refractivity contribution >= 4 is 0 Å². The number of hydrogen-bond donors (Lipinski definition) is 0. The highest BCUT2D eigenvalue weighted by molar-refractivity contribution is 4.79. The molecule has 186 valence electrons. The van der Waals surface area contributed by atoms with Gasteiger partial charge in [0.25, 0.3) is 0 Å².